The molecule has 2 unspecified atom stereocenters. The maximum atomic E-state index is 11.8. The largest absolute Gasteiger partial charge is 0.508 e. The van der Waals surface area contributed by atoms with Crippen LogP contribution in [0.3, 0.4) is 0 Å². The molecule has 19 heavy (non-hydrogen) atoms. The molecule has 2 atom stereocenters. The van der Waals surface area contributed by atoms with E-state index in [1.165, 1.54) is 6.07 Å². The summed E-state index contributed by atoms with van der Waals surface area (Å²) >= 11 is 0. The molecule has 0 radical (unpaired) electrons. The summed E-state index contributed by atoms with van der Waals surface area (Å²) < 4.78 is 0. The van der Waals surface area contributed by atoms with Gasteiger partial charge in [0.1, 0.15) is 12.0 Å². The molecule has 0 aliphatic carbocycles. The predicted octanol–water partition coefficient (Wildman–Crippen LogP) is 0.00390. The van der Waals surface area contributed by atoms with E-state index in [1.807, 2.05) is 0 Å². The van der Waals surface area contributed by atoms with Gasteiger partial charge in [-0.1, -0.05) is 6.07 Å². The fourth-order valence-corrected chi connectivity index (χ4v) is 2.71. The number of amides is 2. The molecule has 2 aliphatic rings. The van der Waals surface area contributed by atoms with Crippen molar-refractivity contribution >= 4 is 11.8 Å². The number of imide groups is 1. The Bertz CT molecular complexity index is 558. The highest BCUT2D eigenvalue weighted by Gasteiger charge is 2.39. The zero-order valence-electron chi connectivity index (χ0n) is 10.2. The molecule has 0 bridgehead atoms. The average molecular weight is 262 g/mol. The van der Waals surface area contributed by atoms with Crippen LogP contribution in [0, 0.1) is 0 Å². The molecular formula is C13H14N2O4. The average Bonchev–Trinajstić information content (AvgIpc) is 2.67. The summed E-state index contributed by atoms with van der Waals surface area (Å²) in [5.74, 6) is -0.555. The molecule has 1 saturated heterocycles. The molecule has 6 heteroatoms. The van der Waals surface area contributed by atoms with E-state index < -0.39 is 12.3 Å². The molecule has 3 N–H and O–H groups in total. The number of piperidine rings is 1. The molecule has 3 rings (SSSR count). The van der Waals surface area contributed by atoms with Gasteiger partial charge in [-0.05, 0) is 24.1 Å². The SMILES string of the molecule is O=C1CCC(N2Cc3ccc(O)cc3C2O)C(=O)N1. The van der Waals surface area contributed by atoms with Crippen molar-refractivity contribution in [1.82, 2.24) is 10.2 Å². The quantitative estimate of drug-likeness (QED) is 0.620. The van der Waals surface area contributed by atoms with Gasteiger partial charge in [-0.3, -0.25) is 19.8 Å². The molecule has 0 aromatic heterocycles. The maximum Gasteiger partial charge on any atom is 0.244 e. The molecule has 100 valence electrons. The lowest BCUT2D eigenvalue weighted by Gasteiger charge is -2.31. The lowest BCUT2D eigenvalue weighted by Crippen LogP contribution is -2.51. The van der Waals surface area contributed by atoms with Crippen LogP contribution < -0.4 is 5.32 Å². The van der Waals surface area contributed by atoms with Crippen LogP contribution in [-0.2, 0) is 16.1 Å². The second-order valence-electron chi connectivity index (χ2n) is 4.90. The Hall–Kier alpha value is -1.92. The van der Waals surface area contributed by atoms with Gasteiger partial charge in [0.2, 0.25) is 11.8 Å². The number of phenols is 1. The summed E-state index contributed by atoms with van der Waals surface area (Å²) in [4.78, 5) is 24.6. The molecule has 0 saturated carbocycles. The lowest BCUT2D eigenvalue weighted by atomic mass is 10.0. The number of aromatic hydroxyl groups is 1. The van der Waals surface area contributed by atoms with Gasteiger partial charge in [0.05, 0.1) is 6.04 Å². The number of carbonyl (C=O) groups excluding carboxylic acids is 2. The number of hydrogen-bond acceptors (Lipinski definition) is 5. The Morgan fingerprint density at radius 2 is 2.11 bits per heavy atom. The van der Waals surface area contributed by atoms with Crippen LogP contribution in [0.2, 0.25) is 0 Å². The predicted molar refractivity (Wildman–Crippen MR) is 64.8 cm³/mol. The van der Waals surface area contributed by atoms with Crippen LogP contribution in [0.4, 0.5) is 0 Å². The van der Waals surface area contributed by atoms with Crippen molar-refractivity contribution in [2.45, 2.75) is 31.7 Å². The molecule has 2 aliphatic heterocycles. The van der Waals surface area contributed by atoms with Gasteiger partial charge in [0.15, 0.2) is 0 Å². The summed E-state index contributed by atoms with van der Waals surface area (Å²) in [6, 6.07) is 4.28. The highest BCUT2D eigenvalue weighted by Crippen LogP contribution is 2.36. The number of hydrogen-bond donors (Lipinski definition) is 3. The monoisotopic (exact) mass is 262 g/mol. The van der Waals surface area contributed by atoms with Crippen LogP contribution in [-0.4, -0.2) is 33.0 Å². The molecule has 2 heterocycles. The topological polar surface area (TPSA) is 89.9 Å². The van der Waals surface area contributed by atoms with Gasteiger partial charge in [-0.25, -0.2) is 0 Å². The minimum absolute atomic E-state index is 0.0860. The Labute approximate surface area is 109 Å². The third-order valence-electron chi connectivity index (χ3n) is 3.69. The molecule has 2 amide bonds. The fourth-order valence-electron chi connectivity index (χ4n) is 2.71. The van der Waals surface area contributed by atoms with Crippen LogP contribution in [0.1, 0.15) is 30.2 Å². The van der Waals surface area contributed by atoms with Crippen LogP contribution in [0.15, 0.2) is 18.2 Å². The minimum Gasteiger partial charge on any atom is -0.508 e. The summed E-state index contributed by atoms with van der Waals surface area (Å²) in [5, 5.41) is 22.0. The highest BCUT2D eigenvalue weighted by molar-refractivity contribution is 6.00. The van der Waals surface area contributed by atoms with Crippen LogP contribution in [0.5, 0.6) is 5.75 Å². The normalized spacial score (nSPS) is 27.2. The van der Waals surface area contributed by atoms with E-state index in [-0.39, 0.29) is 24.0 Å². The first-order chi connectivity index (χ1) is 9.06. The van der Waals surface area contributed by atoms with Gasteiger partial charge < -0.3 is 10.2 Å². The molecule has 6 nitrogen and oxygen atoms in total. The number of aliphatic hydroxyl groups excluding tert-OH is 1. The zero-order chi connectivity index (χ0) is 13.6. The summed E-state index contributed by atoms with van der Waals surface area (Å²) in [6.45, 7) is 0.434. The molecule has 1 fully saturated rings. The highest BCUT2D eigenvalue weighted by atomic mass is 16.3. The van der Waals surface area contributed by atoms with Crippen molar-refractivity contribution in [3.8, 4) is 5.75 Å². The lowest BCUT2D eigenvalue weighted by molar-refractivity contribution is -0.141. The zero-order valence-corrected chi connectivity index (χ0v) is 10.2. The Kier molecular flexibility index (Phi) is 2.76. The number of fused-ring (bicyclic) bond motifs is 1. The van der Waals surface area contributed by atoms with E-state index in [0.717, 1.165) is 5.56 Å². The third kappa shape index (κ3) is 1.98. The second kappa shape index (κ2) is 4.32. The van der Waals surface area contributed by atoms with E-state index in [9.17, 15) is 19.8 Å². The second-order valence-corrected chi connectivity index (χ2v) is 4.90. The van der Waals surface area contributed by atoms with Gasteiger partial charge >= 0.3 is 0 Å². The van der Waals surface area contributed by atoms with E-state index in [0.29, 0.717) is 18.5 Å². The van der Waals surface area contributed by atoms with Crippen molar-refractivity contribution in [3.05, 3.63) is 29.3 Å². The number of phenolic OH excluding ortho intramolecular Hbond substituents is 1. The van der Waals surface area contributed by atoms with Gasteiger partial charge in [0.25, 0.3) is 0 Å². The van der Waals surface area contributed by atoms with Crippen molar-refractivity contribution in [2.24, 2.45) is 0 Å². The molecule has 1 aromatic carbocycles. The Balaban J connectivity index is 1.85. The summed E-state index contributed by atoms with van der Waals surface area (Å²) in [7, 11) is 0. The number of aliphatic hydroxyl groups is 1. The van der Waals surface area contributed by atoms with Crippen molar-refractivity contribution < 1.29 is 19.8 Å². The van der Waals surface area contributed by atoms with Gasteiger partial charge in [-0.15, -0.1) is 0 Å². The van der Waals surface area contributed by atoms with E-state index >= 15 is 0 Å². The first-order valence-corrected chi connectivity index (χ1v) is 6.15. The Morgan fingerprint density at radius 3 is 2.84 bits per heavy atom. The number of carbonyl (C=O) groups is 2. The Morgan fingerprint density at radius 1 is 1.32 bits per heavy atom. The van der Waals surface area contributed by atoms with Gasteiger partial charge in [-0.2, -0.15) is 0 Å². The van der Waals surface area contributed by atoms with Crippen LogP contribution >= 0.6 is 0 Å². The number of rotatable bonds is 1. The van der Waals surface area contributed by atoms with E-state index in [2.05, 4.69) is 5.32 Å². The standard InChI is InChI=1S/C13H14N2O4/c16-8-2-1-7-6-15(13(19)9(7)5-8)10-3-4-11(17)14-12(10)18/h1-2,5,10,13,16,19H,3-4,6H2,(H,14,17,18). The summed E-state index contributed by atoms with van der Waals surface area (Å²) in [6.07, 6.45) is -0.242. The third-order valence-corrected chi connectivity index (χ3v) is 3.69. The van der Waals surface area contributed by atoms with Crippen molar-refractivity contribution in [1.29, 1.82) is 0 Å². The summed E-state index contributed by atoms with van der Waals surface area (Å²) in [5.41, 5.74) is 1.50. The number of nitrogens with one attached hydrogen (secondary N) is 1. The smallest absolute Gasteiger partial charge is 0.244 e. The van der Waals surface area contributed by atoms with E-state index in [4.69, 9.17) is 0 Å². The van der Waals surface area contributed by atoms with Crippen LogP contribution in [0.25, 0.3) is 0 Å². The fraction of sp³-hybridized carbons (Fsp3) is 0.385. The number of benzene rings is 1. The first-order valence-electron chi connectivity index (χ1n) is 6.15. The first kappa shape index (κ1) is 12.1. The molecular weight excluding hydrogens is 248 g/mol. The van der Waals surface area contributed by atoms with Crippen molar-refractivity contribution in [3.63, 3.8) is 0 Å². The minimum atomic E-state index is -0.925. The molecule has 0 spiro atoms. The number of nitrogens with zero attached hydrogens (tertiary/aromatic N) is 1. The van der Waals surface area contributed by atoms with Gasteiger partial charge in [0, 0.05) is 18.5 Å². The van der Waals surface area contributed by atoms with E-state index in [1.54, 1.807) is 17.0 Å². The molecule has 1 aromatic rings. The van der Waals surface area contributed by atoms with Crippen molar-refractivity contribution in [2.75, 3.05) is 0 Å². The maximum absolute atomic E-state index is 11.8.